The molecular weight excluding hydrogens is 437 g/mol. The lowest BCUT2D eigenvalue weighted by Crippen LogP contribution is -2.45. The van der Waals surface area contributed by atoms with Crippen molar-refractivity contribution >= 4 is 29.1 Å². The van der Waals surface area contributed by atoms with Gasteiger partial charge in [-0.2, -0.15) is 0 Å². The summed E-state index contributed by atoms with van der Waals surface area (Å²) < 4.78 is 20.0. The van der Waals surface area contributed by atoms with Gasteiger partial charge in [-0.25, -0.2) is 4.39 Å². The second kappa shape index (κ2) is 10.3. The molecule has 34 heavy (non-hydrogen) atoms. The summed E-state index contributed by atoms with van der Waals surface area (Å²) in [6.07, 6.45) is 1.56. The third-order valence-corrected chi connectivity index (χ3v) is 6.59. The standard InChI is InChI=1S/C26H30FN3O4/c1-17-7-5-10-22(18(17)2)28-24(31)16-29(15-20-8-6-12-34-20)26(33)19-13-25(32)30(14-19)23-11-4-3-9-21(23)27/h3-5,7,9-11,19-20H,6,8,12-16H2,1-2H3,(H,28,31). The maximum absolute atomic E-state index is 14.3. The van der Waals surface area contributed by atoms with E-state index in [0.717, 1.165) is 24.0 Å². The van der Waals surface area contributed by atoms with Gasteiger partial charge < -0.3 is 19.9 Å². The van der Waals surface area contributed by atoms with Gasteiger partial charge in [0, 0.05) is 31.8 Å². The van der Waals surface area contributed by atoms with E-state index < -0.39 is 11.7 Å². The molecule has 180 valence electrons. The number of hydrogen-bond donors (Lipinski definition) is 1. The first-order valence-electron chi connectivity index (χ1n) is 11.6. The summed E-state index contributed by atoms with van der Waals surface area (Å²) >= 11 is 0. The smallest absolute Gasteiger partial charge is 0.244 e. The summed E-state index contributed by atoms with van der Waals surface area (Å²) in [6, 6.07) is 11.7. The monoisotopic (exact) mass is 467 g/mol. The lowest BCUT2D eigenvalue weighted by molar-refractivity contribution is -0.139. The van der Waals surface area contributed by atoms with Crippen molar-refractivity contribution in [1.82, 2.24) is 4.90 Å². The van der Waals surface area contributed by atoms with Crippen LogP contribution in [0.4, 0.5) is 15.8 Å². The summed E-state index contributed by atoms with van der Waals surface area (Å²) in [4.78, 5) is 41.8. The maximum Gasteiger partial charge on any atom is 0.244 e. The van der Waals surface area contributed by atoms with Crippen molar-refractivity contribution < 1.29 is 23.5 Å². The molecule has 2 atom stereocenters. The molecule has 4 rings (SSSR count). The molecule has 3 amide bonds. The van der Waals surface area contributed by atoms with Gasteiger partial charge in [-0.05, 0) is 56.0 Å². The van der Waals surface area contributed by atoms with Crippen molar-refractivity contribution in [3.05, 3.63) is 59.4 Å². The molecule has 0 spiro atoms. The molecule has 2 aromatic carbocycles. The number of carbonyl (C=O) groups excluding carboxylic acids is 3. The summed E-state index contributed by atoms with van der Waals surface area (Å²) in [7, 11) is 0. The molecule has 7 nitrogen and oxygen atoms in total. The Morgan fingerprint density at radius 3 is 2.71 bits per heavy atom. The highest BCUT2D eigenvalue weighted by atomic mass is 19.1. The zero-order valence-electron chi connectivity index (χ0n) is 19.6. The van der Waals surface area contributed by atoms with E-state index in [1.54, 1.807) is 12.1 Å². The molecule has 2 aromatic rings. The van der Waals surface area contributed by atoms with Crippen LogP contribution in [0.15, 0.2) is 42.5 Å². The van der Waals surface area contributed by atoms with Crippen LogP contribution >= 0.6 is 0 Å². The molecule has 2 aliphatic heterocycles. The molecule has 2 heterocycles. The van der Waals surface area contributed by atoms with Crippen LogP contribution in [0.1, 0.15) is 30.4 Å². The van der Waals surface area contributed by atoms with Gasteiger partial charge in [0.1, 0.15) is 5.82 Å². The van der Waals surface area contributed by atoms with Crippen molar-refractivity contribution in [3.8, 4) is 0 Å². The molecule has 0 bridgehead atoms. The third kappa shape index (κ3) is 5.28. The molecule has 2 fully saturated rings. The number of nitrogens with zero attached hydrogens (tertiary/aromatic N) is 2. The summed E-state index contributed by atoms with van der Waals surface area (Å²) in [5.74, 6) is -2.07. The number of aryl methyl sites for hydroxylation is 1. The van der Waals surface area contributed by atoms with Gasteiger partial charge in [0.25, 0.3) is 0 Å². The number of nitrogens with one attached hydrogen (secondary N) is 1. The Morgan fingerprint density at radius 2 is 1.97 bits per heavy atom. The molecule has 0 aliphatic carbocycles. The van der Waals surface area contributed by atoms with Crippen LogP contribution < -0.4 is 10.2 Å². The zero-order chi connectivity index (χ0) is 24.2. The first kappa shape index (κ1) is 23.9. The van der Waals surface area contributed by atoms with E-state index in [1.807, 2.05) is 32.0 Å². The fourth-order valence-electron chi connectivity index (χ4n) is 4.55. The number of para-hydroxylation sites is 1. The first-order valence-corrected chi connectivity index (χ1v) is 11.6. The lowest BCUT2D eigenvalue weighted by Gasteiger charge is -2.27. The Bertz CT molecular complexity index is 1080. The highest BCUT2D eigenvalue weighted by Gasteiger charge is 2.39. The number of rotatable bonds is 7. The highest BCUT2D eigenvalue weighted by molar-refractivity contribution is 6.01. The molecule has 2 unspecified atom stereocenters. The van der Waals surface area contributed by atoms with Gasteiger partial charge in [0.05, 0.1) is 24.3 Å². The maximum atomic E-state index is 14.3. The predicted octanol–water partition coefficient (Wildman–Crippen LogP) is 3.44. The number of ether oxygens (including phenoxy) is 1. The molecule has 0 aromatic heterocycles. The number of carbonyl (C=O) groups is 3. The number of halogens is 1. The lowest BCUT2D eigenvalue weighted by atomic mass is 10.1. The van der Waals surface area contributed by atoms with E-state index in [4.69, 9.17) is 4.74 Å². The van der Waals surface area contributed by atoms with Crippen molar-refractivity contribution in [2.75, 3.05) is 36.5 Å². The molecule has 2 saturated heterocycles. The SMILES string of the molecule is Cc1cccc(NC(=O)CN(CC2CCCO2)C(=O)C2CC(=O)N(c3ccccc3F)C2)c1C. The fraction of sp³-hybridized carbons (Fsp3) is 0.423. The van der Waals surface area contributed by atoms with E-state index in [9.17, 15) is 18.8 Å². The van der Waals surface area contributed by atoms with Crippen molar-refractivity contribution in [2.45, 2.75) is 39.2 Å². The Morgan fingerprint density at radius 1 is 1.18 bits per heavy atom. The zero-order valence-corrected chi connectivity index (χ0v) is 19.6. The van der Waals surface area contributed by atoms with Gasteiger partial charge in [-0.1, -0.05) is 24.3 Å². The van der Waals surface area contributed by atoms with E-state index >= 15 is 0 Å². The van der Waals surface area contributed by atoms with E-state index in [1.165, 1.54) is 21.9 Å². The van der Waals surface area contributed by atoms with Crippen LogP contribution in [0.5, 0.6) is 0 Å². The average molecular weight is 468 g/mol. The summed E-state index contributed by atoms with van der Waals surface area (Å²) in [6.45, 7) is 4.75. The average Bonchev–Trinajstić information content (AvgIpc) is 3.46. The van der Waals surface area contributed by atoms with Crippen LogP contribution in [0.25, 0.3) is 0 Å². The number of benzene rings is 2. The minimum Gasteiger partial charge on any atom is -0.376 e. The van der Waals surface area contributed by atoms with Gasteiger partial charge in [-0.3, -0.25) is 14.4 Å². The van der Waals surface area contributed by atoms with Crippen molar-refractivity contribution in [2.24, 2.45) is 5.92 Å². The second-order valence-electron chi connectivity index (χ2n) is 9.01. The Balaban J connectivity index is 1.48. The van der Waals surface area contributed by atoms with Crippen LogP contribution in [0.2, 0.25) is 0 Å². The normalized spacial score (nSPS) is 20.0. The first-order chi connectivity index (χ1) is 16.3. The van der Waals surface area contributed by atoms with Crippen LogP contribution in [-0.2, 0) is 19.1 Å². The molecule has 2 aliphatic rings. The Labute approximate surface area is 198 Å². The predicted molar refractivity (Wildman–Crippen MR) is 127 cm³/mol. The topological polar surface area (TPSA) is 79.0 Å². The Kier molecular flexibility index (Phi) is 7.26. The molecule has 0 radical (unpaired) electrons. The van der Waals surface area contributed by atoms with Gasteiger partial charge in [0.15, 0.2) is 0 Å². The quantitative estimate of drug-likeness (QED) is 0.677. The van der Waals surface area contributed by atoms with E-state index in [0.29, 0.717) is 12.3 Å². The second-order valence-corrected chi connectivity index (χ2v) is 9.01. The molecule has 0 saturated carbocycles. The fourth-order valence-corrected chi connectivity index (χ4v) is 4.55. The van der Waals surface area contributed by atoms with Crippen molar-refractivity contribution in [1.29, 1.82) is 0 Å². The van der Waals surface area contributed by atoms with E-state index in [2.05, 4.69) is 5.32 Å². The van der Waals surface area contributed by atoms with Gasteiger partial charge in [0.2, 0.25) is 17.7 Å². The minimum absolute atomic E-state index is 0.0200. The summed E-state index contributed by atoms with van der Waals surface area (Å²) in [5, 5.41) is 2.90. The van der Waals surface area contributed by atoms with E-state index in [-0.39, 0.29) is 55.6 Å². The van der Waals surface area contributed by atoms with Crippen molar-refractivity contribution in [3.63, 3.8) is 0 Å². The minimum atomic E-state index is -0.651. The van der Waals surface area contributed by atoms with Gasteiger partial charge in [-0.15, -0.1) is 0 Å². The summed E-state index contributed by atoms with van der Waals surface area (Å²) in [5.41, 5.74) is 2.90. The number of amides is 3. The van der Waals surface area contributed by atoms with Crippen LogP contribution in [0, 0.1) is 25.6 Å². The largest absolute Gasteiger partial charge is 0.376 e. The third-order valence-electron chi connectivity index (χ3n) is 6.59. The van der Waals surface area contributed by atoms with Crippen LogP contribution in [0.3, 0.4) is 0 Å². The number of anilines is 2. The Hall–Kier alpha value is -3.26. The highest BCUT2D eigenvalue weighted by Crippen LogP contribution is 2.29. The van der Waals surface area contributed by atoms with Gasteiger partial charge >= 0.3 is 0 Å². The molecular formula is C26H30FN3O4. The molecule has 8 heteroatoms. The number of hydrogen-bond acceptors (Lipinski definition) is 4. The molecule has 1 N–H and O–H groups in total. The van der Waals surface area contributed by atoms with Crippen LogP contribution in [-0.4, -0.2) is 55.0 Å².